The van der Waals surface area contributed by atoms with Crippen LogP contribution in [0.4, 0.5) is 0 Å². The van der Waals surface area contributed by atoms with Crippen LogP contribution in [0.3, 0.4) is 0 Å². The van der Waals surface area contributed by atoms with Gasteiger partial charge in [-0.25, -0.2) is 0 Å². The summed E-state index contributed by atoms with van der Waals surface area (Å²) in [6.45, 7) is 0. The van der Waals surface area contributed by atoms with Crippen molar-refractivity contribution in [3.05, 3.63) is 91.0 Å². The zero-order valence-electron chi connectivity index (χ0n) is 12.0. The SMILES string of the molecule is SSc1ccccc1.c1ccc2cc3ccccc3cc2c1. The van der Waals surface area contributed by atoms with Crippen LogP contribution >= 0.6 is 22.5 Å². The molecule has 0 aliphatic carbocycles. The van der Waals surface area contributed by atoms with E-state index in [1.54, 1.807) is 0 Å². The van der Waals surface area contributed by atoms with Gasteiger partial charge in [-0.05, 0) is 45.8 Å². The molecule has 0 fully saturated rings. The normalized spacial score (nSPS) is 10.2. The monoisotopic (exact) mass is 320 g/mol. The highest BCUT2D eigenvalue weighted by Crippen LogP contribution is 2.22. The minimum absolute atomic E-state index is 1.19. The van der Waals surface area contributed by atoms with E-state index in [0.29, 0.717) is 0 Å². The standard InChI is InChI=1S/C14H10.C6H6S2/c1-2-6-12-10-14-8-4-3-7-13(14)9-11(12)5-1;7-8-6-4-2-1-3-5-6/h1-10H;1-5,7H. The number of rotatable bonds is 1. The van der Waals surface area contributed by atoms with Crippen LogP contribution in [-0.2, 0) is 0 Å². The van der Waals surface area contributed by atoms with Gasteiger partial charge in [-0.2, -0.15) is 0 Å². The molecule has 2 heteroatoms. The first-order chi connectivity index (χ1) is 10.9. The van der Waals surface area contributed by atoms with E-state index in [-0.39, 0.29) is 0 Å². The Balaban J connectivity index is 0.000000154. The van der Waals surface area contributed by atoms with Crippen molar-refractivity contribution >= 4 is 44.0 Å². The van der Waals surface area contributed by atoms with Crippen LogP contribution in [0.25, 0.3) is 21.5 Å². The number of hydrogen-bond donors (Lipinski definition) is 1. The fourth-order valence-corrected chi connectivity index (χ4v) is 3.01. The molecule has 0 saturated heterocycles. The van der Waals surface area contributed by atoms with Crippen LogP contribution < -0.4 is 0 Å². The van der Waals surface area contributed by atoms with Crippen molar-refractivity contribution in [2.24, 2.45) is 0 Å². The molecule has 0 aliphatic rings. The van der Waals surface area contributed by atoms with Crippen LogP contribution in [-0.4, -0.2) is 0 Å². The Morgan fingerprint density at radius 3 is 1.18 bits per heavy atom. The van der Waals surface area contributed by atoms with E-state index in [9.17, 15) is 0 Å². The second-order valence-corrected chi connectivity index (χ2v) is 6.15. The molecule has 0 heterocycles. The van der Waals surface area contributed by atoms with Crippen molar-refractivity contribution in [1.82, 2.24) is 0 Å². The zero-order chi connectivity index (χ0) is 15.2. The summed E-state index contributed by atoms with van der Waals surface area (Å²) in [5.74, 6) is 0. The van der Waals surface area contributed by atoms with E-state index in [4.69, 9.17) is 0 Å². The molecule has 0 amide bonds. The Labute approximate surface area is 140 Å². The Morgan fingerprint density at radius 1 is 0.500 bits per heavy atom. The van der Waals surface area contributed by atoms with Gasteiger partial charge in [0.15, 0.2) is 0 Å². The van der Waals surface area contributed by atoms with E-state index in [0.717, 1.165) is 0 Å². The lowest BCUT2D eigenvalue weighted by atomic mass is 10.0. The minimum atomic E-state index is 1.19. The summed E-state index contributed by atoms with van der Waals surface area (Å²) < 4.78 is 0. The lowest BCUT2D eigenvalue weighted by Gasteiger charge is -2.00. The Hall–Kier alpha value is -1.90. The predicted molar refractivity (Wildman–Crippen MR) is 103 cm³/mol. The van der Waals surface area contributed by atoms with Crippen molar-refractivity contribution < 1.29 is 0 Å². The van der Waals surface area contributed by atoms with E-state index >= 15 is 0 Å². The molecular weight excluding hydrogens is 304 g/mol. The quantitative estimate of drug-likeness (QED) is 0.234. The second kappa shape index (κ2) is 7.39. The molecule has 0 unspecified atom stereocenters. The van der Waals surface area contributed by atoms with Gasteiger partial charge in [-0.3, -0.25) is 0 Å². The fourth-order valence-electron chi connectivity index (χ4n) is 2.36. The van der Waals surface area contributed by atoms with Crippen molar-refractivity contribution in [2.45, 2.75) is 4.90 Å². The molecule has 4 rings (SSSR count). The molecule has 0 radical (unpaired) electrons. The molecule has 0 aliphatic heterocycles. The first-order valence-electron chi connectivity index (χ1n) is 7.11. The maximum atomic E-state index is 4.03. The Morgan fingerprint density at radius 2 is 0.864 bits per heavy atom. The number of thiol groups is 1. The predicted octanol–water partition coefficient (Wildman–Crippen LogP) is 6.62. The largest absolute Gasteiger partial charge is 0.106 e. The van der Waals surface area contributed by atoms with Gasteiger partial charge in [-0.1, -0.05) is 77.5 Å². The van der Waals surface area contributed by atoms with Crippen LogP contribution in [0.15, 0.2) is 95.9 Å². The van der Waals surface area contributed by atoms with Crippen molar-refractivity contribution in [2.75, 3.05) is 0 Å². The number of benzene rings is 4. The van der Waals surface area contributed by atoms with Crippen LogP contribution in [0.2, 0.25) is 0 Å². The zero-order valence-corrected chi connectivity index (χ0v) is 13.7. The fraction of sp³-hybridized carbons (Fsp3) is 0. The molecule has 0 N–H and O–H groups in total. The highest BCUT2D eigenvalue weighted by Gasteiger charge is 1.95. The van der Waals surface area contributed by atoms with E-state index < -0.39 is 0 Å². The van der Waals surface area contributed by atoms with Gasteiger partial charge < -0.3 is 0 Å². The molecule has 0 aromatic heterocycles. The summed E-state index contributed by atoms with van der Waals surface area (Å²) >= 11 is 4.03. The average Bonchev–Trinajstić information content (AvgIpc) is 2.61. The van der Waals surface area contributed by atoms with Gasteiger partial charge >= 0.3 is 0 Å². The summed E-state index contributed by atoms with van der Waals surface area (Å²) in [4.78, 5) is 1.19. The minimum Gasteiger partial charge on any atom is -0.106 e. The van der Waals surface area contributed by atoms with Gasteiger partial charge in [0.2, 0.25) is 0 Å². The van der Waals surface area contributed by atoms with Gasteiger partial charge in [0, 0.05) is 4.90 Å². The van der Waals surface area contributed by atoms with Crippen LogP contribution in [0.1, 0.15) is 0 Å². The molecule has 0 nitrogen and oxygen atoms in total. The summed E-state index contributed by atoms with van der Waals surface area (Å²) in [7, 11) is 1.46. The first kappa shape index (κ1) is 15.0. The molecule has 4 aromatic carbocycles. The summed E-state index contributed by atoms with van der Waals surface area (Å²) in [5.41, 5.74) is 0. The maximum Gasteiger partial charge on any atom is 0.0180 e. The smallest absolute Gasteiger partial charge is 0.0180 e. The van der Waals surface area contributed by atoms with Gasteiger partial charge in [0.25, 0.3) is 0 Å². The molecule has 0 spiro atoms. The van der Waals surface area contributed by atoms with Crippen LogP contribution in [0.5, 0.6) is 0 Å². The highest BCUT2D eigenvalue weighted by atomic mass is 33.1. The van der Waals surface area contributed by atoms with E-state index in [1.165, 1.54) is 37.2 Å². The Kier molecular flexibility index (Phi) is 5.04. The molecule has 4 aromatic rings. The van der Waals surface area contributed by atoms with Gasteiger partial charge in [0.05, 0.1) is 0 Å². The summed E-state index contributed by atoms with van der Waals surface area (Å²) in [6.07, 6.45) is 0. The molecule has 0 saturated carbocycles. The number of fused-ring (bicyclic) bond motifs is 2. The van der Waals surface area contributed by atoms with Gasteiger partial charge in [-0.15, -0.1) is 11.7 Å². The highest BCUT2D eigenvalue weighted by molar-refractivity contribution is 8.68. The lowest BCUT2D eigenvalue weighted by molar-refractivity contribution is 1.48. The topological polar surface area (TPSA) is 0 Å². The summed E-state index contributed by atoms with van der Waals surface area (Å²) in [6, 6.07) is 31.5. The molecule has 108 valence electrons. The number of hydrogen-bond acceptors (Lipinski definition) is 2. The molecule has 0 bridgehead atoms. The molecule has 0 atom stereocenters. The van der Waals surface area contributed by atoms with E-state index in [1.807, 2.05) is 30.3 Å². The third-order valence-electron chi connectivity index (χ3n) is 3.46. The molecular formula is C20H16S2. The molecule has 22 heavy (non-hydrogen) atoms. The van der Waals surface area contributed by atoms with E-state index in [2.05, 4.69) is 72.3 Å². The second-order valence-electron chi connectivity index (χ2n) is 4.95. The van der Waals surface area contributed by atoms with Gasteiger partial charge in [0.1, 0.15) is 0 Å². The van der Waals surface area contributed by atoms with Crippen LogP contribution in [0, 0.1) is 0 Å². The van der Waals surface area contributed by atoms with Crippen molar-refractivity contribution in [3.8, 4) is 0 Å². The maximum absolute atomic E-state index is 4.03. The van der Waals surface area contributed by atoms with Crippen molar-refractivity contribution in [1.29, 1.82) is 0 Å². The lowest BCUT2D eigenvalue weighted by Crippen LogP contribution is -1.74. The first-order valence-corrected chi connectivity index (χ1v) is 8.98. The Bertz CT molecular complexity index is 765. The third-order valence-corrected chi connectivity index (χ3v) is 4.58. The summed E-state index contributed by atoms with van der Waals surface area (Å²) in [5, 5.41) is 5.25. The average molecular weight is 320 g/mol. The third kappa shape index (κ3) is 3.65. The van der Waals surface area contributed by atoms with Crippen molar-refractivity contribution in [3.63, 3.8) is 0 Å².